The minimum atomic E-state index is 0.778. The molecule has 0 aromatic carbocycles. The Balaban J connectivity index is 1.97. The van der Waals surface area contributed by atoms with Crippen LogP contribution >= 0.6 is 0 Å². The van der Waals surface area contributed by atoms with Crippen LogP contribution in [0.2, 0.25) is 0 Å². The maximum Gasteiger partial charge on any atom is 0.0224 e. The number of piperidine rings is 1. The van der Waals surface area contributed by atoms with E-state index in [1.54, 1.807) is 0 Å². The van der Waals surface area contributed by atoms with E-state index < -0.39 is 0 Å². The molecule has 0 aliphatic carbocycles. The molecule has 2 aliphatic rings. The molecule has 2 fully saturated rings. The lowest BCUT2D eigenvalue weighted by Crippen LogP contribution is -2.59. The number of hydrogen-bond donors (Lipinski definition) is 0. The zero-order valence-electron chi connectivity index (χ0n) is 11.8. The molecule has 0 spiro atoms. The normalized spacial score (nSPS) is 31.0. The Labute approximate surface area is 107 Å². The van der Waals surface area contributed by atoms with Crippen LogP contribution in [0.1, 0.15) is 46.5 Å². The van der Waals surface area contributed by atoms with Gasteiger partial charge in [-0.3, -0.25) is 9.80 Å². The van der Waals surface area contributed by atoms with Gasteiger partial charge in [-0.25, -0.2) is 0 Å². The summed E-state index contributed by atoms with van der Waals surface area (Å²) in [4.78, 5) is 5.45. The SMILES string of the molecule is CCC1CN2CCCCC2CN1CC=C(C)C. The Morgan fingerprint density at radius 1 is 1.24 bits per heavy atom. The van der Waals surface area contributed by atoms with E-state index in [0.717, 1.165) is 18.6 Å². The molecule has 98 valence electrons. The molecule has 0 aromatic heterocycles. The summed E-state index contributed by atoms with van der Waals surface area (Å²) in [6.07, 6.45) is 7.96. The van der Waals surface area contributed by atoms with Gasteiger partial charge in [-0.2, -0.15) is 0 Å². The molecular formula is C15H28N2. The van der Waals surface area contributed by atoms with Gasteiger partial charge < -0.3 is 0 Å². The van der Waals surface area contributed by atoms with Crippen LogP contribution in [0.4, 0.5) is 0 Å². The Morgan fingerprint density at radius 2 is 2.06 bits per heavy atom. The first-order valence-electron chi connectivity index (χ1n) is 7.32. The number of piperazine rings is 1. The summed E-state index contributed by atoms with van der Waals surface area (Å²) in [5, 5.41) is 0. The van der Waals surface area contributed by atoms with E-state index in [1.807, 2.05) is 0 Å². The molecule has 2 unspecified atom stereocenters. The maximum absolute atomic E-state index is 2.75. The molecule has 2 heterocycles. The number of nitrogens with zero attached hydrogens (tertiary/aromatic N) is 2. The van der Waals surface area contributed by atoms with Crippen molar-refractivity contribution in [2.45, 2.75) is 58.5 Å². The third-order valence-electron chi connectivity index (χ3n) is 4.36. The van der Waals surface area contributed by atoms with Gasteiger partial charge in [0.25, 0.3) is 0 Å². The minimum absolute atomic E-state index is 0.778. The fourth-order valence-electron chi connectivity index (χ4n) is 3.22. The van der Waals surface area contributed by atoms with Crippen LogP contribution in [-0.4, -0.2) is 48.1 Å². The highest BCUT2D eigenvalue weighted by atomic mass is 15.3. The van der Waals surface area contributed by atoms with Crippen LogP contribution in [-0.2, 0) is 0 Å². The molecule has 0 amide bonds. The van der Waals surface area contributed by atoms with Crippen LogP contribution < -0.4 is 0 Å². The Bertz CT molecular complexity index is 268. The van der Waals surface area contributed by atoms with Crippen LogP contribution in [0, 0.1) is 0 Å². The second-order valence-corrected chi connectivity index (χ2v) is 5.94. The topological polar surface area (TPSA) is 6.48 Å². The van der Waals surface area contributed by atoms with Crippen molar-refractivity contribution in [2.75, 3.05) is 26.2 Å². The van der Waals surface area contributed by atoms with Gasteiger partial charge >= 0.3 is 0 Å². The van der Waals surface area contributed by atoms with Crippen molar-refractivity contribution in [2.24, 2.45) is 0 Å². The zero-order valence-corrected chi connectivity index (χ0v) is 11.8. The van der Waals surface area contributed by atoms with Crippen molar-refractivity contribution in [3.8, 4) is 0 Å². The highest BCUT2D eigenvalue weighted by Crippen LogP contribution is 2.25. The lowest BCUT2D eigenvalue weighted by molar-refractivity contribution is 0.0137. The first-order valence-corrected chi connectivity index (χ1v) is 7.32. The quantitative estimate of drug-likeness (QED) is 0.695. The van der Waals surface area contributed by atoms with Crippen molar-refractivity contribution in [3.63, 3.8) is 0 Å². The van der Waals surface area contributed by atoms with E-state index >= 15 is 0 Å². The van der Waals surface area contributed by atoms with Gasteiger partial charge in [0.1, 0.15) is 0 Å². The number of hydrogen-bond acceptors (Lipinski definition) is 2. The van der Waals surface area contributed by atoms with E-state index in [4.69, 9.17) is 0 Å². The summed E-state index contributed by atoms with van der Waals surface area (Å²) >= 11 is 0. The zero-order chi connectivity index (χ0) is 12.3. The molecular weight excluding hydrogens is 208 g/mol. The molecule has 2 aliphatic heterocycles. The monoisotopic (exact) mass is 236 g/mol. The summed E-state index contributed by atoms with van der Waals surface area (Å²) in [6, 6.07) is 1.62. The molecule has 2 nitrogen and oxygen atoms in total. The highest BCUT2D eigenvalue weighted by molar-refractivity contribution is 4.98. The summed E-state index contributed by atoms with van der Waals surface area (Å²) in [7, 11) is 0. The van der Waals surface area contributed by atoms with Crippen LogP contribution in [0.15, 0.2) is 11.6 Å². The van der Waals surface area contributed by atoms with E-state index in [1.165, 1.54) is 50.9 Å². The van der Waals surface area contributed by atoms with Gasteiger partial charge in [-0.15, -0.1) is 0 Å². The molecule has 2 saturated heterocycles. The lowest BCUT2D eigenvalue weighted by Gasteiger charge is -2.48. The first-order chi connectivity index (χ1) is 8.20. The van der Waals surface area contributed by atoms with Gasteiger partial charge in [0.2, 0.25) is 0 Å². The average molecular weight is 236 g/mol. The van der Waals surface area contributed by atoms with E-state index in [2.05, 4.69) is 36.6 Å². The first kappa shape index (κ1) is 13.1. The smallest absolute Gasteiger partial charge is 0.0224 e. The summed E-state index contributed by atoms with van der Waals surface area (Å²) in [5.41, 5.74) is 1.45. The fraction of sp³-hybridized carbons (Fsp3) is 0.867. The van der Waals surface area contributed by atoms with Gasteiger partial charge in [-0.1, -0.05) is 25.0 Å². The van der Waals surface area contributed by atoms with E-state index in [0.29, 0.717) is 0 Å². The molecule has 0 aromatic rings. The predicted octanol–water partition coefficient (Wildman–Crippen LogP) is 2.90. The van der Waals surface area contributed by atoms with Gasteiger partial charge in [0.15, 0.2) is 0 Å². The Morgan fingerprint density at radius 3 is 2.76 bits per heavy atom. The molecule has 0 saturated carbocycles. The summed E-state index contributed by atoms with van der Waals surface area (Å²) in [5.74, 6) is 0. The molecule has 0 bridgehead atoms. The number of fused-ring (bicyclic) bond motifs is 1. The van der Waals surface area contributed by atoms with Crippen LogP contribution in [0.5, 0.6) is 0 Å². The average Bonchev–Trinajstić information content (AvgIpc) is 2.35. The lowest BCUT2D eigenvalue weighted by atomic mass is 9.96. The van der Waals surface area contributed by atoms with E-state index in [9.17, 15) is 0 Å². The van der Waals surface area contributed by atoms with Crippen molar-refractivity contribution < 1.29 is 0 Å². The number of allylic oxidation sites excluding steroid dienone is 1. The van der Waals surface area contributed by atoms with Crippen LogP contribution in [0.25, 0.3) is 0 Å². The van der Waals surface area contributed by atoms with Crippen molar-refractivity contribution >= 4 is 0 Å². The third-order valence-corrected chi connectivity index (χ3v) is 4.36. The Hall–Kier alpha value is -0.340. The van der Waals surface area contributed by atoms with Crippen molar-refractivity contribution in [3.05, 3.63) is 11.6 Å². The largest absolute Gasteiger partial charge is 0.298 e. The van der Waals surface area contributed by atoms with Crippen molar-refractivity contribution in [1.29, 1.82) is 0 Å². The van der Waals surface area contributed by atoms with Crippen molar-refractivity contribution in [1.82, 2.24) is 9.80 Å². The van der Waals surface area contributed by atoms with Gasteiger partial charge in [-0.05, 0) is 39.7 Å². The predicted molar refractivity (Wildman–Crippen MR) is 74.3 cm³/mol. The molecule has 2 rings (SSSR count). The molecule has 0 N–H and O–H groups in total. The standard InChI is InChI=1S/C15H28N2/c1-4-14-11-16-9-6-5-7-15(16)12-17(14)10-8-13(2)3/h8,14-15H,4-7,9-12H2,1-3H3. The second kappa shape index (κ2) is 6.01. The molecule has 17 heavy (non-hydrogen) atoms. The molecule has 2 heteroatoms. The Kier molecular flexibility index (Phi) is 4.63. The van der Waals surface area contributed by atoms with Gasteiger partial charge in [0.05, 0.1) is 0 Å². The third kappa shape index (κ3) is 3.32. The summed E-state index contributed by atoms with van der Waals surface area (Å²) < 4.78 is 0. The van der Waals surface area contributed by atoms with Crippen LogP contribution in [0.3, 0.4) is 0 Å². The summed E-state index contributed by atoms with van der Waals surface area (Å²) in [6.45, 7) is 11.9. The molecule has 2 atom stereocenters. The second-order valence-electron chi connectivity index (χ2n) is 5.94. The number of rotatable bonds is 3. The minimum Gasteiger partial charge on any atom is -0.298 e. The van der Waals surface area contributed by atoms with E-state index in [-0.39, 0.29) is 0 Å². The molecule has 0 radical (unpaired) electrons. The maximum atomic E-state index is 2.75. The highest BCUT2D eigenvalue weighted by Gasteiger charge is 2.33. The van der Waals surface area contributed by atoms with Gasteiger partial charge in [0, 0.05) is 31.7 Å². The fourth-order valence-corrected chi connectivity index (χ4v) is 3.22.